The Morgan fingerprint density at radius 3 is 2.85 bits per heavy atom. The third-order valence-electron chi connectivity index (χ3n) is 4.36. The molecule has 0 saturated carbocycles. The average Bonchev–Trinajstić information content (AvgIpc) is 3.09. The van der Waals surface area contributed by atoms with Crippen LogP contribution in [0.1, 0.15) is 21.7 Å². The number of rotatable bonds is 2. The SMILES string of the molecule is Cc1ccc(C(=O)N2CCn3c(nnc3-c3ccncn3)C2)c(Cl)c1F. The Kier molecular flexibility index (Phi) is 4.12. The third-order valence-corrected chi connectivity index (χ3v) is 4.73. The van der Waals surface area contributed by atoms with E-state index in [0.717, 1.165) is 0 Å². The van der Waals surface area contributed by atoms with E-state index in [1.807, 2.05) is 4.57 Å². The van der Waals surface area contributed by atoms with Gasteiger partial charge in [0, 0.05) is 19.3 Å². The van der Waals surface area contributed by atoms with Crippen molar-refractivity contribution in [1.82, 2.24) is 29.6 Å². The van der Waals surface area contributed by atoms with Gasteiger partial charge in [0.15, 0.2) is 11.6 Å². The molecule has 1 amide bonds. The van der Waals surface area contributed by atoms with Crippen LogP contribution in [-0.4, -0.2) is 42.1 Å². The predicted molar refractivity (Wildman–Crippen MR) is 91.9 cm³/mol. The van der Waals surface area contributed by atoms with E-state index in [4.69, 9.17) is 11.6 Å². The minimum Gasteiger partial charge on any atom is -0.329 e. The second-order valence-electron chi connectivity index (χ2n) is 5.97. The molecule has 1 aromatic carbocycles. The molecule has 0 N–H and O–H groups in total. The fourth-order valence-corrected chi connectivity index (χ4v) is 3.22. The van der Waals surface area contributed by atoms with Gasteiger partial charge in [-0.05, 0) is 24.6 Å². The molecule has 26 heavy (non-hydrogen) atoms. The van der Waals surface area contributed by atoms with Crippen LogP contribution in [0.15, 0.2) is 30.7 Å². The zero-order valence-electron chi connectivity index (χ0n) is 13.9. The summed E-state index contributed by atoms with van der Waals surface area (Å²) in [5.41, 5.74) is 1.22. The van der Waals surface area contributed by atoms with E-state index in [9.17, 15) is 9.18 Å². The number of nitrogens with zero attached hydrogens (tertiary/aromatic N) is 6. The van der Waals surface area contributed by atoms with Crippen molar-refractivity contribution in [2.24, 2.45) is 0 Å². The quantitative estimate of drug-likeness (QED) is 0.690. The number of hydrogen-bond donors (Lipinski definition) is 0. The number of carbonyl (C=O) groups excluding carboxylic acids is 1. The molecule has 2 aromatic heterocycles. The van der Waals surface area contributed by atoms with Gasteiger partial charge in [-0.15, -0.1) is 10.2 Å². The van der Waals surface area contributed by atoms with Gasteiger partial charge in [-0.3, -0.25) is 4.79 Å². The van der Waals surface area contributed by atoms with Gasteiger partial charge in [-0.2, -0.15) is 0 Å². The number of aryl methyl sites for hydroxylation is 1. The van der Waals surface area contributed by atoms with Gasteiger partial charge in [-0.25, -0.2) is 14.4 Å². The van der Waals surface area contributed by atoms with Crippen LogP contribution in [0.2, 0.25) is 5.02 Å². The number of benzene rings is 1. The Bertz CT molecular complexity index is 990. The smallest absolute Gasteiger partial charge is 0.255 e. The molecule has 0 radical (unpaired) electrons. The first-order valence-corrected chi connectivity index (χ1v) is 8.36. The standard InChI is InChI=1S/C17H14ClFN6O/c1-10-2-3-11(14(18)15(10)19)17(26)24-6-7-25-13(8-24)22-23-16(25)12-4-5-20-9-21-12/h2-5,9H,6-8H2,1H3. The molecule has 132 valence electrons. The van der Waals surface area contributed by atoms with Crippen molar-refractivity contribution in [3.05, 3.63) is 58.5 Å². The number of fused-ring (bicyclic) bond motifs is 1. The Labute approximate surface area is 153 Å². The van der Waals surface area contributed by atoms with E-state index >= 15 is 0 Å². The van der Waals surface area contributed by atoms with E-state index in [0.29, 0.717) is 36.0 Å². The summed E-state index contributed by atoms with van der Waals surface area (Å²) >= 11 is 6.03. The fraction of sp³-hybridized carbons (Fsp3) is 0.235. The zero-order chi connectivity index (χ0) is 18.3. The van der Waals surface area contributed by atoms with Crippen molar-refractivity contribution in [3.8, 4) is 11.5 Å². The second kappa shape index (κ2) is 6.45. The summed E-state index contributed by atoms with van der Waals surface area (Å²) < 4.78 is 15.9. The van der Waals surface area contributed by atoms with Gasteiger partial charge >= 0.3 is 0 Å². The zero-order valence-corrected chi connectivity index (χ0v) is 14.6. The second-order valence-corrected chi connectivity index (χ2v) is 6.35. The van der Waals surface area contributed by atoms with Gasteiger partial charge in [-0.1, -0.05) is 17.7 Å². The van der Waals surface area contributed by atoms with Crippen LogP contribution in [0.25, 0.3) is 11.5 Å². The maximum atomic E-state index is 14.0. The molecule has 0 spiro atoms. The molecule has 0 fully saturated rings. The Morgan fingerprint density at radius 2 is 2.08 bits per heavy atom. The molecule has 4 rings (SSSR count). The Balaban J connectivity index is 1.61. The lowest BCUT2D eigenvalue weighted by Crippen LogP contribution is -2.38. The molecule has 3 heterocycles. The number of amides is 1. The molecular weight excluding hydrogens is 359 g/mol. The van der Waals surface area contributed by atoms with Gasteiger partial charge in [0.1, 0.15) is 17.8 Å². The van der Waals surface area contributed by atoms with E-state index in [-0.39, 0.29) is 23.0 Å². The molecule has 0 saturated heterocycles. The highest BCUT2D eigenvalue weighted by molar-refractivity contribution is 6.34. The predicted octanol–water partition coefficient (Wildman–Crippen LogP) is 2.49. The van der Waals surface area contributed by atoms with Crippen LogP contribution in [0, 0.1) is 12.7 Å². The number of carbonyl (C=O) groups is 1. The minimum atomic E-state index is -0.566. The van der Waals surface area contributed by atoms with Crippen LogP contribution < -0.4 is 0 Å². The molecule has 1 aliphatic heterocycles. The molecule has 9 heteroatoms. The summed E-state index contributed by atoms with van der Waals surface area (Å²) in [6, 6.07) is 4.85. The van der Waals surface area contributed by atoms with Crippen molar-refractivity contribution in [3.63, 3.8) is 0 Å². The van der Waals surface area contributed by atoms with Gasteiger partial charge < -0.3 is 9.47 Å². The van der Waals surface area contributed by atoms with Crippen molar-refractivity contribution >= 4 is 17.5 Å². The highest BCUT2D eigenvalue weighted by atomic mass is 35.5. The molecule has 0 unspecified atom stereocenters. The maximum Gasteiger partial charge on any atom is 0.255 e. The van der Waals surface area contributed by atoms with Crippen LogP contribution in [0.3, 0.4) is 0 Å². The molecule has 1 aliphatic rings. The first kappa shape index (κ1) is 16.6. The van der Waals surface area contributed by atoms with Gasteiger partial charge in [0.25, 0.3) is 5.91 Å². The van der Waals surface area contributed by atoms with E-state index in [2.05, 4.69) is 20.2 Å². The normalized spacial score (nSPS) is 13.6. The van der Waals surface area contributed by atoms with Crippen LogP contribution in [-0.2, 0) is 13.1 Å². The maximum absolute atomic E-state index is 14.0. The highest BCUT2D eigenvalue weighted by Gasteiger charge is 2.27. The van der Waals surface area contributed by atoms with E-state index in [1.54, 1.807) is 36.2 Å². The first-order valence-electron chi connectivity index (χ1n) is 7.98. The summed E-state index contributed by atoms with van der Waals surface area (Å²) in [5.74, 6) is 0.381. The summed E-state index contributed by atoms with van der Waals surface area (Å²) in [5, 5.41) is 8.19. The lowest BCUT2D eigenvalue weighted by atomic mass is 10.1. The molecule has 0 bridgehead atoms. The van der Waals surface area contributed by atoms with Crippen molar-refractivity contribution in [1.29, 1.82) is 0 Å². The van der Waals surface area contributed by atoms with Crippen molar-refractivity contribution < 1.29 is 9.18 Å². The summed E-state index contributed by atoms with van der Waals surface area (Å²) in [4.78, 5) is 22.4. The molecule has 0 aliphatic carbocycles. The monoisotopic (exact) mass is 372 g/mol. The number of halogens is 2. The Morgan fingerprint density at radius 1 is 1.23 bits per heavy atom. The lowest BCUT2D eigenvalue weighted by molar-refractivity contribution is 0.0707. The minimum absolute atomic E-state index is 0.149. The number of aromatic nitrogens is 5. The lowest BCUT2D eigenvalue weighted by Gasteiger charge is -2.28. The van der Waals surface area contributed by atoms with E-state index < -0.39 is 5.82 Å². The average molecular weight is 373 g/mol. The van der Waals surface area contributed by atoms with E-state index in [1.165, 1.54) is 6.33 Å². The summed E-state index contributed by atoms with van der Waals surface area (Å²) in [6.07, 6.45) is 3.08. The fourth-order valence-electron chi connectivity index (χ4n) is 2.93. The Hall–Kier alpha value is -2.87. The largest absolute Gasteiger partial charge is 0.329 e. The molecule has 3 aromatic rings. The van der Waals surface area contributed by atoms with Crippen molar-refractivity contribution in [2.45, 2.75) is 20.0 Å². The van der Waals surface area contributed by atoms with Crippen LogP contribution >= 0.6 is 11.6 Å². The number of hydrogen-bond acceptors (Lipinski definition) is 5. The topological polar surface area (TPSA) is 76.8 Å². The first-order chi connectivity index (χ1) is 12.6. The summed E-state index contributed by atoms with van der Waals surface area (Å²) in [6.45, 7) is 2.82. The molecular formula is C17H14ClFN6O. The highest BCUT2D eigenvalue weighted by Crippen LogP contribution is 2.26. The van der Waals surface area contributed by atoms with Crippen LogP contribution in [0.5, 0.6) is 0 Å². The molecule has 7 nitrogen and oxygen atoms in total. The third kappa shape index (κ3) is 2.72. The van der Waals surface area contributed by atoms with Crippen LogP contribution in [0.4, 0.5) is 4.39 Å². The summed E-state index contributed by atoms with van der Waals surface area (Å²) in [7, 11) is 0. The van der Waals surface area contributed by atoms with Crippen molar-refractivity contribution in [2.75, 3.05) is 6.54 Å². The molecule has 0 atom stereocenters. The van der Waals surface area contributed by atoms with Gasteiger partial charge in [0.05, 0.1) is 17.1 Å². The van der Waals surface area contributed by atoms with Gasteiger partial charge in [0.2, 0.25) is 0 Å².